The van der Waals surface area contributed by atoms with Crippen LogP contribution < -0.4 is 4.74 Å². The summed E-state index contributed by atoms with van der Waals surface area (Å²) < 4.78 is 5.39. The molecule has 4 heterocycles. The van der Waals surface area contributed by atoms with E-state index in [1.807, 2.05) is 18.3 Å². The van der Waals surface area contributed by atoms with Crippen LogP contribution in [0.1, 0.15) is 23.8 Å². The van der Waals surface area contributed by atoms with Crippen molar-refractivity contribution in [3.63, 3.8) is 0 Å². The van der Waals surface area contributed by atoms with E-state index in [9.17, 15) is 0 Å². The largest absolute Gasteiger partial charge is 0.497 e. The fourth-order valence-electron chi connectivity index (χ4n) is 4.40. The molecule has 3 fully saturated rings. The number of aromatic nitrogens is 1. The smallest absolute Gasteiger partial charge is 0.119 e. The molecule has 0 amide bonds. The van der Waals surface area contributed by atoms with Gasteiger partial charge in [0.25, 0.3) is 0 Å². The maximum absolute atomic E-state index is 7.01. The van der Waals surface area contributed by atoms with Crippen LogP contribution in [0.15, 0.2) is 43.1 Å². The van der Waals surface area contributed by atoms with E-state index in [1.54, 1.807) is 7.11 Å². The molecule has 2 bridgehead atoms. The van der Waals surface area contributed by atoms with Gasteiger partial charge in [0.15, 0.2) is 0 Å². The molecule has 0 spiro atoms. The summed E-state index contributed by atoms with van der Waals surface area (Å²) in [5, 5.41) is 1.07. The van der Waals surface area contributed by atoms with Gasteiger partial charge < -0.3 is 4.74 Å². The predicted octanol–water partition coefficient (Wildman–Crippen LogP) is 4.42. The second kappa shape index (κ2) is 6.38. The lowest BCUT2D eigenvalue weighted by atomic mass is 9.74. The summed E-state index contributed by atoms with van der Waals surface area (Å²) in [7, 11) is 1.69. The minimum absolute atomic E-state index is 0.0313. The van der Waals surface area contributed by atoms with Crippen LogP contribution >= 0.6 is 11.6 Å². The van der Waals surface area contributed by atoms with Gasteiger partial charge >= 0.3 is 0 Å². The van der Waals surface area contributed by atoms with Crippen molar-refractivity contribution >= 4 is 22.5 Å². The molecular formula is C20H23ClN2O. The Morgan fingerprint density at radius 2 is 2.29 bits per heavy atom. The van der Waals surface area contributed by atoms with E-state index < -0.39 is 0 Å². The molecule has 3 saturated heterocycles. The SMILES string of the molecule is C=C[C@H]1CN2CC[C@H]1C[C@@H]2[C@H](Cl)c1ccnc2ccc(OC)cc12. The number of piperidine rings is 3. The van der Waals surface area contributed by atoms with Gasteiger partial charge in [0, 0.05) is 24.2 Å². The number of ether oxygens (including phenoxy) is 1. The summed E-state index contributed by atoms with van der Waals surface area (Å²) in [6.07, 6.45) is 6.41. The van der Waals surface area contributed by atoms with Crippen molar-refractivity contribution in [3.05, 3.63) is 48.7 Å². The number of hydrogen-bond donors (Lipinski definition) is 0. The molecule has 3 nitrogen and oxygen atoms in total. The topological polar surface area (TPSA) is 25.4 Å². The van der Waals surface area contributed by atoms with E-state index in [2.05, 4.69) is 34.7 Å². The molecule has 0 saturated carbocycles. The van der Waals surface area contributed by atoms with Gasteiger partial charge in [-0.05, 0) is 61.1 Å². The lowest BCUT2D eigenvalue weighted by Crippen LogP contribution is -2.54. The maximum atomic E-state index is 7.01. The van der Waals surface area contributed by atoms with E-state index in [-0.39, 0.29) is 5.38 Å². The molecule has 3 aliphatic rings. The monoisotopic (exact) mass is 342 g/mol. The number of hydrogen-bond acceptors (Lipinski definition) is 3. The first-order valence-corrected chi connectivity index (χ1v) is 9.08. The number of fused-ring (bicyclic) bond motifs is 4. The molecule has 3 aliphatic heterocycles. The van der Waals surface area contributed by atoms with Crippen molar-refractivity contribution in [1.29, 1.82) is 0 Å². The summed E-state index contributed by atoms with van der Waals surface area (Å²) in [5.41, 5.74) is 2.13. The van der Waals surface area contributed by atoms with Crippen LogP contribution in [0.2, 0.25) is 0 Å². The normalized spacial score (nSPS) is 30.2. The molecule has 24 heavy (non-hydrogen) atoms. The summed E-state index contributed by atoms with van der Waals surface area (Å²) in [6, 6.07) is 8.45. The Bertz CT molecular complexity index is 762. The zero-order valence-corrected chi connectivity index (χ0v) is 14.7. The van der Waals surface area contributed by atoms with E-state index in [0.717, 1.165) is 47.6 Å². The molecule has 126 valence electrons. The van der Waals surface area contributed by atoms with Gasteiger partial charge in [-0.1, -0.05) is 6.08 Å². The van der Waals surface area contributed by atoms with Crippen LogP contribution in [-0.4, -0.2) is 36.1 Å². The molecule has 0 radical (unpaired) electrons. The standard InChI is InChI=1S/C20H23ClN2O/c1-3-13-12-23-9-7-14(13)10-19(23)20(21)16-6-8-22-18-5-4-15(24-2)11-17(16)18/h3-6,8,11,13-14,19-20H,1,7,9-10,12H2,2H3/t13-,14-,19+,20+/m0/s1. The summed E-state index contributed by atoms with van der Waals surface area (Å²) in [5.74, 6) is 2.19. The molecule has 4 heteroatoms. The molecule has 5 rings (SSSR count). The third-order valence-electron chi connectivity index (χ3n) is 5.77. The van der Waals surface area contributed by atoms with E-state index in [1.165, 1.54) is 6.42 Å². The molecule has 1 aromatic carbocycles. The summed E-state index contributed by atoms with van der Waals surface area (Å²) in [4.78, 5) is 7.03. The Hall–Kier alpha value is -1.58. The van der Waals surface area contributed by atoms with Crippen LogP contribution in [0.5, 0.6) is 5.75 Å². The first-order valence-electron chi connectivity index (χ1n) is 8.64. The van der Waals surface area contributed by atoms with Crippen molar-refractivity contribution < 1.29 is 4.74 Å². The highest BCUT2D eigenvalue weighted by Crippen LogP contribution is 2.44. The van der Waals surface area contributed by atoms with Crippen molar-refractivity contribution in [1.82, 2.24) is 9.88 Å². The van der Waals surface area contributed by atoms with Gasteiger partial charge in [0.2, 0.25) is 0 Å². The zero-order chi connectivity index (χ0) is 16.7. The van der Waals surface area contributed by atoms with E-state index in [4.69, 9.17) is 16.3 Å². The van der Waals surface area contributed by atoms with Gasteiger partial charge in [-0.25, -0.2) is 0 Å². The third kappa shape index (κ3) is 2.60. The Kier molecular flexibility index (Phi) is 4.23. The van der Waals surface area contributed by atoms with Crippen molar-refractivity contribution in [2.45, 2.75) is 24.3 Å². The highest BCUT2D eigenvalue weighted by molar-refractivity contribution is 6.22. The predicted molar refractivity (Wildman–Crippen MR) is 98.7 cm³/mol. The zero-order valence-electron chi connectivity index (χ0n) is 14.0. The maximum Gasteiger partial charge on any atom is 0.119 e. The second-order valence-corrected chi connectivity index (χ2v) is 7.40. The van der Waals surface area contributed by atoms with Crippen LogP contribution in [-0.2, 0) is 0 Å². The van der Waals surface area contributed by atoms with Gasteiger partial charge in [0.05, 0.1) is 18.0 Å². The minimum Gasteiger partial charge on any atom is -0.497 e. The number of nitrogens with zero attached hydrogens (tertiary/aromatic N) is 2. The van der Waals surface area contributed by atoms with Crippen molar-refractivity contribution in [2.75, 3.05) is 20.2 Å². The number of benzene rings is 1. The highest BCUT2D eigenvalue weighted by Gasteiger charge is 2.42. The second-order valence-electron chi connectivity index (χ2n) is 6.93. The van der Waals surface area contributed by atoms with Crippen LogP contribution in [0.3, 0.4) is 0 Å². The van der Waals surface area contributed by atoms with E-state index in [0.29, 0.717) is 12.0 Å². The van der Waals surface area contributed by atoms with Crippen LogP contribution in [0, 0.1) is 11.8 Å². The average molecular weight is 343 g/mol. The minimum atomic E-state index is -0.0313. The van der Waals surface area contributed by atoms with Crippen molar-refractivity contribution in [2.24, 2.45) is 11.8 Å². The number of alkyl halides is 1. The average Bonchev–Trinajstić information content (AvgIpc) is 2.66. The van der Waals surface area contributed by atoms with Gasteiger partial charge in [-0.2, -0.15) is 0 Å². The van der Waals surface area contributed by atoms with Gasteiger partial charge in [0.1, 0.15) is 5.75 Å². The van der Waals surface area contributed by atoms with Gasteiger partial charge in [-0.3, -0.25) is 9.88 Å². The first-order chi connectivity index (χ1) is 11.7. The Balaban J connectivity index is 1.69. The number of pyridine rings is 1. The summed E-state index contributed by atoms with van der Waals surface area (Å²) >= 11 is 7.01. The lowest BCUT2D eigenvalue weighted by Gasteiger charge is -2.50. The molecule has 1 aromatic heterocycles. The fourth-order valence-corrected chi connectivity index (χ4v) is 4.86. The van der Waals surface area contributed by atoms with Gasteiger partial charge in [-0.15, -0.1) is 18.2 Å². The quantitative estimate of drug-likeness (QED) is 0.607. The number of rotatable bonds is 4. The third-order valence-corrected chi connectivity index (χ3v) is 6.30. The number of halogens is 1. The Labute approximate surface area is 148 Å². The number of methoxy groups -OCH3 is 1. The first kappa shape index (κ1) is 15.9. The Morgan fingerprint density at radius 1 is 1.42 bits per heavy atom. The van der Waals surface area contributed by atoms with E-state index >= 15 is 0 Å². The highest BCUT2D eigenvalue weighted by atomic mass is 35.5. The van der Waals surface area contributed by atoms with Crippen LogP contribution in [0.4, 0.5) is 0 Å². The van der Waals surface area contributed by atoms with Crippen LogP contribution in [0.25, 0.3) is 10.9 Å². The molecule has 1 unspecified atom stereocenters. The molecule has 5 atom stereocenters. The lowest BCUT2D eigenvalue weighted by molar-refractivity contribution is 0.0173. The molecular weight excluding hydrogens is 320 g/mol. The Morgan fingerprint density at radius 3 is 3.00 bits per heavy atom. The molecule has 2 aromatic rings. The summed E-state index contributed by atoms with van der Waals surface area (Å²) in [6.45, 7) is 6.25. The fraction of sp³-hybridized carbons (Fsp3) is 0.450. The molecule has 0 N–H and O–H groups in total. The molecule has 0 aliphatic carbocycles. The van der Waals surface area contributed by atoms with Crippen molar-refractivity contribution in [3.8, 4) is 5.75 Å².